The Labute approximate surface area is 64.9 Å². The second-order valence-electron chi connectivity index (χ2n) is 2.85. The van der Waals surface area contributed by atoms with Crippen molar-refractivity contribution in [3.63, 3.8) is 0 Å². The summed E-state index contributed by atoms with van der Waals surface area (Å²) in [5.74, 6) is 0. The number of piperazine rings is 1. The van der Waals surface area contributed by atoms with Gasteiger partial charge in [0.1, 0.15) is 0 Å². The van der Waals surface area contributed by atoms with Crippen LogP contribution in [0, 0.1) is 0 Å². The Morgan fingerprint density at radius 2 is 2.09 bits per heavy atom. The zero-order chi connectivity index (χ0) is 7.68. The van der Waals surface area contributed by atoms with E-state index in [-0.39, 0.29) is 12.2 Å². The fourth-order valence-electron chi connectivity index (χ4n) is 1.48. The summed E-state index contributed by atoms with van der Waals surface area (Å²) in [6.07, 6.45) is 0.109. The van der Waals surface area contributed by atoms with Crippen molar-refractivity contribution in [3.05, 3.63) is 0 Å². The third-order valence-electron chi connectivity index (χ3n) is 2.07. The van der Waals surface area contributed by atoms with Gasteiger partial charge in [-0.2, -0.15) is 0 Å². The zero-order valence-corrected chi connectivity index (χ0v) is 6.18. The van der Waals surface area contributed by atoms with Crippen LogP contribution in [0.3, 0.4) is 0 Å². The van der Waals surface area contributed by atoms with E-state index in [4.69, 9.17) is 0 Å². The summed E-state index contributed by atoms with van der Waals surface area (Å²) >= 11 is 0. The SMILES string of the molecule is O=C1NCC2NCCNC2N1. The van der Waals surface area contributed by atoms with Gasteiger partial charge in [0.05, 0.1) is 12.2 Å². The van der Waals surface area contributed by atoms with Crippen LogP contribution in [0.25, 0.3) is 0 Å². The highest BCUT2D eigenvalue weighted by atomic mass is 16.2. The molecule has 5 nitrogen and oxygen atoms in total. The number of rotatable bonds is 0. The molecule has 4 N–H and O–H groups in total. The van der Waals surface area contributed by atoms with E-state index in [1.807, 2.05) is 0 Å². The van der Waals surface area contributed by atoms with Crippen molar-refractivity contribution in [1.29, 1.82) is 0 Å². The molecule has 0 aliphatic carbocycles. The van der Waals surface area contributed by atoms with Gasteiger partial charge in [0.2, 0.25) is 0 Å². The summed E-state index contributed by atoms with van der Waals surface area (Å²) in [4.78, 5) is 10.8. The fraction of sp³-hybridized carbons (Fsp3) is 0.833. The molecule has 5 heteroatoms. The number of carbonyl (C=O) groups is 1. The van der Waals surface area contributed by atoms with E-state index in [9.17, 15) is 4.79 Å². The largest absolute Gasteiger partial charge is 0.336 e. The maximum Gasteiger partial charge on any atom is 0.316 e. The Bertz CT molecular complexity index is 172. The van der Waals surface area contributed by atoms with Gasteiger partial charge in [-0.15, -0.1) is 0 Å². The number of hydrogen-bond acceptors (Lipinski definition) is 3. The number of hydrogen-bond donors (Lipinski definition) is 4. The normalized spacial score (nSPS) is 36.9. The molecular formula is C6H12N4O. The van der Waals surface area contributed by atoms with Gasteiger partial charge in [-0.3, -0.25) is 5.32 Å². The molecule has 0 saturated carbocycles. The second-order valence-corrected chi connectivity index (χ2v) is 2.85. The van der Waals surface area contributed by atoms with E-state index >= 15 is 0 Å². The lowest BCUT2D eigenvalue weighted by Crippen LogP contribution is -2.70. The highest BCUT2D eigenvalue weighted by molar-refractivity contribution is 5.75. The van der Waals surface area contributed by atoms with Crippen LogP contribution < -0.4 is 21.3 Å². The van der Waals surface area contributed by atoms with Crippen molar-refractivity contribution < 1.29 is 4.79 Å². The molecule has 2 aliphatic heterocycles. The van der Waals surface area contributed by atoms with E-state index < -0.39 is 0 Å². The van der Waals surface area contributed by atoms with Gasteiger partial charge in [0.15, 0.2) is 0 Å². The van der Waals surface area contributed by atoms with Gasteiger partial charge < -0.3 is 16.0 Å². The minimum Gasteiger partial charge on any atom is -0.336 e. The Morgan fingerprint density at radius 1 is 1.27 bits per heavy atom. The standard InChI is InChI=1S/C6H12N4O/c11-6-9-3-4-5(10-6)8-2-1-7-4/h4-5,7-8H,1-3H2,(H2,9,10,11). The van der Waals surface area contributed by atoms with Crippen LogP contribution in [0.2, 0.25) is 0 Å². The zero-order valence-electron chi connectivity index (χ0n) is 6.18. The smallest absolute Gasteiger partial charge is 0.316 e. The Morgan fingerprint density at radius 3 is 3.00 bits per heavy atom. The van der Waals surface area contributed by atoms with Gasteiger partial charge in [0.25, 0.3) is 0 Å². The Hall–Kier alpha value is -0.810. The molecule has 2 heterocycles. The topological polar surface area (TPSA) is 65.2 Å². The van der Waals surface area contributed by atoms with Crippen LogP contribution in [0.5, 0.6) is 0 Å². The maximum absolute atomic E-state index is 10.8. The number of nitrogens with one attached hydrogen (secondary N) is 4. The van der Waals surface area contributed by atoms with Gasteiger partial charge in [0, 0.05) is 19.6 Å². The average Bonchev–Trinajstić information content (AvgIpc) is 2.04. The molecule has 0 bridgehead atoms. The molecule has 11 heavy (non-hydrogen) atoms. The molecule has 2 amide bonds. The lowest BCUT2D eigenvalue weighted by Gasteiger charge is -2.37. The van der Waals surface area contributed by atoms with Gasteiger partial charge in [-0.25, -0.2) is 4.79 Å². The number of amides is 2. The molecule has 2 unspecified atom stereocenters. The molecule has 0 aromatic heterocycles. The first-order valence-corrected chi connectivity index (χ1v) is 3.87. The fourth-order valence-corrected chi connectivity index (χ4v) is 1.48. The highest BCUT2D eigenvalue weighted by Crippen LogP contribution is 1.97. The van der Waals surface area contributed by atoms with E-state index in [1.54, 1.807) is 0 Å². The van der Waals surface area contributed by atoms with Crippen molar-refractivity contribution in [1.82, 2.24) is 21.3 Å². The summed E-state index contributed by atoms with van der Waals surface area (Å²) in [7, 11) is 0. The highest BCUT2D eigenvalue weighted by Gasteiger charge is 2.29. The molecule has 0 aromatic carbocycles. The van der Waals surface area contributed by atoms with Crippen molar-refractivity contribution >= 4 is 6.03 Å². The monoisotopic (exact) mass is 156 g/mol. The lowest BCUT2D eigenvalue weighted by molar-refractivity contribution is 0.201. The van der Waals surface area contributed by atoms with Gasteiger partial charge in [-0.1, -0.05) is 0 Å². The number of urea groups is 1. The molecule has 2 atom stereocenters. The first kappa shape index (κ1) is 6.87. The van der Waals surface area contributed by atoms with Crippen LogP contribution in [0.4, 0.5) is 4.79 Å². The molecule has 2 rings (SSSR count). The van der Waals surface area contributed by atoms with E-state index in [1.165, 1.54) is 0 Å². The van der Waals surface area contributed by atoms with Crippen molar-refractivity contribution in [3.8, 4) is 0 Å². The molecule has 0 spiro atoms. The quantitative estimate of drug-likeness (QED) is 0.334. The molecule has 62 valence electrons. The summed E-state index contributed by atoms with van der Waals surface area (Å²) in [5.41, 5.74) is 0. The summed E-state index contributed by atoms with van der Waals surface area (Å²) in [6, 6.07) is 0.254. The average molecular weight is 156 g/mol. The van der Waals surface area contributed by atoms with Crippen LogP contribution in [-0.4, -0.2) is 37.9 Å². The van der Waals surface area contributed by atoms with Gasteiger partial charge in [-0.05, 0) is 0 Å². The summed E-state index contributed by atoms with van der Waals surface area (Å²) in [5, 5.41) is 12.0. The maximum atomic E-state index is 10.8. The second kappa shape index (κ2) is 2.67. The number of fused-ring (bicyclic) bond motifs is 1. The van der Waals surface area contributed by atoms with Crippen LogP contribution >= 0.6 is 0 Å². The minimum atomic E-state index is -0.0811. The summed E-state index contributed by atoms with van der Waals surface area (Å²) < 4.78 is 0. The third-order valence-corrected chi connectivity index (χ3v) is 2.07. The van der Waals surface area contributed by atoms with Crippen LogP contribution in [-0.2, 0) is 0 Å². The van der Waals surface area contributed by atoms with Crippen LogP contribution in [0.15, 0.2) is 0 Å². The van der Waals surface area contributed by atoms with Crippen LogP contribution in [0.1, 0.15) is 0 Å². The van der Waals surface area contributed by atoms with Crippen molar-refractivity contribution in [2.45, 2.75) is 12.2 Å². The predicted octanol–water partition coefficient (Wildman–Crippen LogP) is -1.81. The number of carbonyl (C=O) groups excluding carboxylic acids is 1. The third kappa shape index (κ3) is 1.29. The van der Waals surface area contributed by atoms with E-state index in [0.717, 1.165) is 13.1 Å². The first-order chi connectivity index (χ1) is 5.36. The minimum absolute atomic E-state index is 0.0811. The molecule has 2 saturated heterocycles. The van der Waals surface area contributed by atoms with Crippen molar-refractivity contribution in [2.24, 2.45) is 0 Å². The summed E-state index contributed by atoms with van der Waals surface area (Å²) in [6.45, 7) is 2.60. The molecular weight excluding hydrogens is 144 g/mol. The van der Waals surface area contributed by atoms with E-state index in [2.05, 4.69) is 21.3 Å². The lowest BCUT2D eigenvalue weighted by atomic mass is 10.1. The predicted molar refractivity (Wildman–Crippen MR) is 40.1 cm³/mol. The first-order valence-electron chi connectivity index (χ1n) is 3.87. The Kier molecular flexibility index (Phi) is 1.67. The molecule has 0 aromatic rings. The Balaban J connectivity index is 1.98. The van der Waals surface area contributed by atoms with E-state index in [0.29, 0.717) is 12.6 Å². The molecule has 0 radical (unpaired) electrons. The molecule has 2 fully saturated rings. The van der Waals surface area contributed by atoms with Crippen molar-refractivity contribution in [2.75, 3.05) is 19.6 Å². The van der Waals surface area contributed by atoms with Gasteiger partial charge >= 0.3 is 6.03 Å². The molecule has 2 aliphatic rings.